The zero-order valence-corrected chi connectivity index (χ0v) is 19.4. The van der Waals surface area contributed by atoms with E-state index in [-0.39, 0.29) is 28.8 Å². The van der Waals surface area contributed by atoms with Gasteiger partial charge < -0.3 is 23.7 Å². The lowest BCUT2D eigenvalue weighted by molar-refractivity contribution is -0.149. The summed E-state index contributed by atoms with van der Waals surface area (Å²) in [7, 11) is 0. The van der Waals surface area contributed by atoms with E-state index in [1.54, 1.807) is 25.1 Å². The number of aromatic hydroxyl groups is 1. The number of hydrogen-bond acceptors (Lipinski definition) is 8. The smallest absolute Gasteiger partial charge is 0.309 e. The average Bonchev–Trinajstić information content (AvgIpc) is 2.84. The summed E-state index contributed by atoms with van der Waals surface area (Å²) in [5.41, 5.74) is 0.517. The van der Waals surface area contributed by atoms with Gasteiger partial charge in [-0.25, -0.2) is 0 Å². The first-order valence-electron chi connectivity index (χ1n) is 11.6. The van der Waals surface area contributed by atoms with Crippen LogP contribution in [0.4, 0.5) is 0 Å². The molecule has 0 spiro atoms. The normalized spacial score (nSPS) is 14.8. The Balaban J connectivity index is 1.56. The number of ether oxygens (including phenoxy) is 3. The first kappa shape index (κ1) is 23.6. The summed E-state index contributed by atoms with van der Waals surface area (Å²) in [6, 6.07) is 10.1. The molecule has 2 heterocycles. The van der Waals surface area contributed by atoms with E-state index in [9.17, 15) is 14.7 Å². The molecule has 1 aromatic heterocycles. The van der Waals surface area contributed by atoms with Crippen LogP contribution in [0, 0.1) is 5.92 Å². The number of likely N-dealkylation sites (tertiary alicyclic amines) is 1. The molecule has 1 aliphatic rings. The van der Waals surface area contributed by atoms with Crippen molar-refractivity contribution >= 4 is 16.9 Å². The van der Waals surface area contributed by atoms with Crippen LogP contribution >= 0.6 is 0 Å². The molecule has 3 aromatic rings. The van der Waals surface area contributed by atoms with Gasteiger partial charge in [-0.05, 0) is 64.0 Å². The molecule has 8 heteroatoms. The third kappa shape index (κ3) is 5.02. The van der Waals surface area contributed by atoms with Gasteiger partial charge in [-0.15, -0.1) is 0 Å². The van der Waals surface area contributed by atoms with Crippen LogP contribution in [-0.2, 0) is 16.1 Å². The first-order valence-corrected chi connectivity index (χ1v) is 11.6. The Morgan fingerprint density at radius 2 is 1.79 bits per heavy atom. The SMILES string of the molecule is CCOC(=O)C1CCN(Cc2c(O)ccc3c(=O)c(Oc4ccccc4OCC)coc23)CC1. The number of carbonyl (C=O) groups is 1. The molecule has 1 saturated heterocycles. The molecule has 4 rings (SSSR count). The predicted molar refractivity (Wildman–Crippen MR) is 126 cm³/mol. The minimum Gasteiger partial charge on any atom is -0.507 e. The summed E-state index contributed by atoms with van der Waals surface area (Å²) >= 11 is 0. The summed E-state index contributed by atoms with van der Waals surface area (Å²) in [6.07, 6.45) is 2.64. The van der Waals surface area contributed by atoms with Gasteiger partial charge in [0, 0.05) is 6.54 Å². The molecular formula is C26H29NO7. The number of para-hydroxylation sites is 2. The van der Waals surface area contributed by atoms with Gasteiger partial charge in [-0.2, -0.15) is 0 Å². The van der Waals surface area contributed by atoms with Crippen LogP contribution in [0.25, 0.3) is 11.0 Å². The minimum absolute atomic E-state index is 0.0338. The second-order valence-electron chi connectivity index (χ2n) is 8.15. The third-order valence-corrected chi connectivity index (χ3v) is 5.95. The highest BCUT2D eigenvalue weighted by molar-refractivity contribution is 5.83. The number of phenols is 1. The van der Waals surface area contributed by atoms with Crippen molar-refractivity contribution in [2.75, 3.05) is 26.3 Å². The molecule has 0 unspecified atom stereocenters. The van der Waals surface area contributed by atoms with Gasteiger partial charge in [0.1, 0.15) is 17.6 Å². The van der Waals surface area contributed by atoms with Gasteiger partial charge >= 0.3 is 5.97 Å². The zero-order chi connectivity index (χ0) is 24.1. The zero-order valence-electron chi connectivity index (χ0n) is 19.4. The quantitative estimate of drug-likeness (QED) is 0.485. The maximum Gasteiger partial charge on any atom is 0.309 e. The van der Waals surface area contributed by atoms with Crippen LogP contribution in [0.1, 0.15) is 32.3 Å². The number of fused-ring (bicyclic) bond motifs is 1. The van der Waals surface area contributed by atoms with Crippen LogP contribution in [0.15, 0.2) is 51.9 Å². The van der Waals surface area contributed by atoms with Crippen LogP contribution in [0.3, 0.4) is 0 Å². The summed E-state index contributed by atoms with van der Waals surface area (Å²) in [6.45, 7) is 6.27. The molecule has 0 bridgehead atoms. The fourth-order valence-corrected chi connectivity index (χ4v) is 4.19. The lowest BCUT2D eigenvalue weighted by Gasteiger charge is -2.31. The lowest BCUT2D eigenvalue weighted by atomic mass is 9.96. The largest absolute Gasteiger partial charge is 0.507 e. The van der Waals surface area contributed by atoms with E-state index in [1.165, 1.54) is 18.4 Å². The number of esters is 1. The second kappa shape index (κ2) is 10.6. The fourth-order valence-electron chi connectivity index (χ4n) is 4.19. The molecule has 0 atom stereocenters. The Morgan fingerprint density at radius 1 is 1.06 bits per heavy atom. The van der Waals surface area contributed by atoms with Gasteiger partial charge in [0.05, 0.1) is 30.1 Å². The molecule has 0 aliphatic carbocycles. The van der Waals surface area contributed by atoms with Crippen LogP contribution < -0.4 is 14.9 Å². The van der Waals surface area contributed by atoms with Gasteiger partial charge in [0.15, 0.2) is 11.5 Å². The summed E-state index contributed by atoms with van der Waals surface area (Å²) in [5, 5.41) is 10.8. The van der Waals surface area contributed by atoms with Crippen molar-refractivity contribution in [2.24, 2.45) is 5.92 Å². The van der Waals surface area contributed by atoms with E-state index in [0.29, 0.717) is 73.7 Å². The van der Waals surface area contributed by atoms with E-state index in [4.69, 9.17) is 18.6 Å². The van der Waals surface area contributed by atoms with E-state index < -0.39 is 0 Å². The maximum atomic E-state index is 13.2. The van der Waals surface area contributed by atoms with Crippen molar-refractivity contribution in [2.45, 2.75) is 33.2 Å². The highest BCUT2D eigenvalue weighted by atomic mass is 16.5. The van der Waals surface area contributed by atoms with Crippen LogP contribution in [0.5, 0.6) is 23.0 Å². The van der Waals surface area contributed by atoms with Crippen molar-refractivity contribution < 1.29 is 28.5 Å². The van der Waals surface area contributed by atoms with Crippen molar-refractivity contribution in [1.29, 1.82) is 0 Å². The molecule has 180 valence electrons. The lowest BCUT2D eigenvalue weighted by Crippen LogP contribution is -2.36. The molecule has 1 N–H and O–H groups in total. The number of carbonyl (C=O) groups excluding carboxylic acids is 1. The number of nitrogens with zero attached hydrogens (tertiary/aromatic N) is 1. The Kier molecular flexibility index (Phi) is 7.37. The highest BCUT2D eigenvalue weighted by Crippen LogP contribution is 2.33. The van der Waals surface area contributed by atoms with E-state index in [2.05, 4.69) is 4.90 Å². The molecule has 0 amide bonds. The number of rotatable bonds is 8. The topological polar surface area (TPSA) is 98.4 Å². The molecule has 0 radical (unpaired) electrons. The van der Waals surface area contributed by atoms with Crippen molar-refractivity contribution in [1.82, 2.24) is 4.90 Å². The van der Waals surface area contributed by atoms with Gasteiger partial charge in [0.25, 0.3) is 0 Å². The summed E-state index contributed by atoms with van der Waals surface area (Å²) in [4.78, 5) is 27.3. The van der Waals surface area contributed by atoms with Gasteiger partial charge in [0.2, 0.25) is 11.2 Å². The molecule has 1 fully saturated rings. The standard InChI is InChI=1S/C26H29NO7/c1-3-31-21-7-5-6-8-22(21)34-23-16-33-25-18(24(23)29)9-10-20(28)19(25)15-27-13-11-17(12-14-27)26(30)32-4-2/h5-10,16-17,28H,3-4,11-15H2,1-2H3. The molecule has 34 heavy (non-hydrogen) atoms. The maximum absolute atomic E-state index is 13.2. The monoisotopic (exact) mass is 467 g/mol. The Morgan fingerprint density at radius 3 is 2.50 bits per heavy atom. The second-order valence-corrected chi connectivity index (χ2v) is 8.15. The molecular weight excluding hydrogens is 438 g/mol. The third-order valence-electron chi connectivity index (χ3n) is 5.95. The number of phenolic OH excluding ortho intramolecular Hbond substituents is 1. The average molecular weight is 468 g/mol. The highest BCUT2D eigenvalue weighted by Gasteiger charge is 2.27. The Bertz CT molecular complexity index is 1210. The molecule has 2 aromatic carbocycles. The number of hydrogen-bond donors (Lipinski definition) is 1. The van der Waals surface area contributed by atoms with Crippen LogP contribution in [0.2, 0.25) is 0 Å². The summed E-state index contributed by atoms with van der Waals surface area (Å²) in [5.74, 6) is 0.778. The number of benzene rings is 2. The molecule has 8 nitrogen and oxygen atoms in total. The fraction of sp³-hybridized carbons (Fsp3) is 0.385. The van der Waals surface area contributed by atoms with E-state index in [1.807, 2.05) is 13.0 Å². The van der Waals surface area contributed by atoms with Crippen molar-refractivity contribution in [3.8, 4) is 23.0 Å². The Labute approximate surface area is 197 Å². The minimum atomic E-state index is -0.338. The van der Waals surface area contributed by atoms with Gasteiger partial charge in [-0.1, -0.05) is 12.1 Å². The summed E-state index contributed by atoms with van der Waals surface area (Å²) < 4.78 is 22.3. The van der Waals surface area contributed by atoms with Crippen LogP contribution in [-0.4, -0.2) is 42.3 Å². The predicted octanol–water partition coefficient (Wildman–Crippen LogP) is 4.46. The van der Waals surface area contributed by atoms with Crippen molar-refractivity contribution in [3.05, 3.63) is 58.4 Å². The number of piperidine rings is 1. The first-order chi connectivity index (χ1) is 16.5. The Hall–Kier alpha value is -3.52. The van der Waals surface area contributed by atoms with E-state index in [0.717, 1.165) is 0 Å². The van der Waals surface area contributed by atoms with Gasteiger partial charge in [-0.3, -0.25) is 14.5 Å². The molecule has 1 aliphatic heterocycles. The van der Waals surface area contributed by atoms with Crippen molar-refractivity contribution in [3.63, 3.8) is 0 Å². The van der Waals surface area contributed by atoms with E-state index >= 15 is 0 Å². The molecule has 0 saturated carbocycles.